The molecule has 1 aliphatic rings. The molecule has 1 fully saturated rings. The van der Waals surface area contributed by atoms with Crippen molar-refractivity contribution in [2.75, 3.05) is 61.1 Å². The van der Waals surface area contributed by atoms with Gasteiger partial charge in [-0.05, 0) is 41.5 Å². The molecule has 1 aliphatic heterocycles. The largest absolute Gasteiger partial charge is 0.462 e. The van der Waals surface area contributed by atoms with E-state index in [4.69, 9.17) is 14.2 Å². The number of nitrogens with zero attached hydrogens (tertiary/aromatic N) is 2. The van der Waals surface area contributed by atoms with E-state index in [1.807, 2.05) is 51.0 Å². The molecule has 0 aliphatic carbocycles. The molecule has 1 rings (SSSR count). The van der Waals surface area contributed by atoms with Crippen LogP contribution in [0.5, 0.6) is 0 Å². The number of esters is 2. The quantitative estimate of drug-likeness (QED) is 0.222. The number of rotatable bonds is 12. The van der Waals surface area contributed by atoms with Crippen LogP contribution in [0.25, 0.3) is 0 Å². The average Bonchev–Trinajstić information content (AvgIpc) is 3.33. The Morgan fingerprint density at radius 1 is 1.12 bits per heavy atom. The third-order valence-corrected chi connectivity index (χ3v) is 3.97. The van der Waals surface area contributed by atoms with E-state index in [9.17, 15) is 9.59 Å². The Labute approximate surface area is 156 Å². The summed E-state index contributed by atoms with van der Waals surface area (Å²) in [6.07, 6.45) is 2.74. The highest BCUT2D eigenvalue weighted by Crippen LogP contribution is 2.33. The maximum atomic E-state index is 12.1. The van der Waals surface area contributed by atoms with Gasteiger partial charge in [-0.15, -0.1) is 0 Å². The maximum absolute atomic E-state index is 12.1. The topological polar surface area (TPSA) is 71.6 Å². The van der Waals surface area contributed by atoms with Crippen LogP contribution in [0.3, 0.4) is 0 Å². The van der Waals surface area contributed by atoms with Crippen molar-refractivity contribution >= 4 is 11.9 Å². The summed E-state index contributed by atoms with van der Waals surface area (Å²) in [4.78, 5) is 27.9. The standard InChI is InChI=1S/C19H32N2O5/c1-15(13-16(2)17(22)24-11-9-20(3)4)7-8-19(14-26-19)18(23)25-12-10-21(5)6/h7H,2,8-14H2,1,3-6H3. The van der Waals surface area contributed by atoms with Crippen LogP contribution >= 0.6 is 0 Å². The highest BCUT2D eigenvalue weighted by molar-refractivity contribution is 5.88. The van der Waals surface area contributed by atoms with Crippen LogP contribution in [0, 0.1) is 0 Å². The highest BCUT2D eigenvalue weighted by Gasteiger charge is 2.52. The molecule has 0 saturated carbocycles. The molecule has 0 spiro atoms. The van der Waals surface area contributed by atoms with Crippen LogP contribution in [0.2, 0.25) is 0 Å². The number of ether oxygens (including phenoxy) is 3. The molecular weight excluding hydrogens is 336 g/mol. The first-order chi connectivity index (χ1) is 12.2. The van der Waals surface area contributed by atoms with Gasteiger partial charge < -0.3 is 24.0 Å². The third-order valence-electron chi connectivity index (χ3n) is 3.97. The molecule has 7 heteroatoms. The molecule has 0 aromatic rings. The Kier molecular flexibility index (Phi) is 8.98. The van der Waals surface area contributed by atoms with Gasteiger partial charge in [0.2, 0.25) is 0 Å². The molecule has 7 nitrogen and oxygen atoms in total. The molecule has 148 valence electrons. The zero-order chi connectivity index (χ0) is 19.7. The average molecular weight is 368 g/mol. The second kappa shape index (κ2) is 10.4. The first kappa shape index (κ1) is 22.3. The Hall–Kier alpha value is -1.70. The lowest BCUT2D eigenvalue weighted by Crippen LogP contribution is -2.29. The van der Waals surface area contributed by atoms with Crippen molar-refractivity contribution in [1.82, 2.24) is 9.80 Å². The minimum absolute atomic E-state index is 0.328. The monoisotopic (exact) mass is 368 g/mol. The summed E-state index contributed by atoms with van der Waals surface area (Å²) in [6.45, 7) is 8.07. The van der Waals surface area contributed by atoms with E-state index in [-0.39, 0.29) is 11.9 Å². The molecule has 0 aromatic carbocycles. The Morgan fingerprint density at radius 2 is 1.65 bits per heavy atom. The van der Waals surface area contributed by atoms with Crippen molar-refractivity contribution in [2.24, 2.45) is 0 Å². The number of likely N-dealkylation sites (N-methyl/N-ethyl adjacent to an activating group) is 2. The third kappa shape index (κ3) is 8.12. The molecule has 26 heavy (non-hydrogen) atoms. The van der Waals surface area contributed by atoms with Gasteiger partial charge in [-0.25, -0.2) is 9.59 Å². The smallest absolute Gasteiger partial charge is 0.341 e. The normalized spacial score (nSPS) is 19.6. The Balaban J connectivity index is 2.39. The molecule has 1 heterocycles. The molecular formula is C19H32N2O5. The minimum Gasteiger partial charge on any atom is -0.462 e. The molecule has 1 unspecified atom stereocenters. The van der Waals surface area contributed by atoms with Crippen molar-refractivity contribution < 1.29 is 23.8 Å². The van der Waals surface area contributed by atoms with E-state index >= 15 is 0 Å². The van der Waals surface area contributed by atoms with Crippen LogP contribution in [0.4, 0.5) is 0 Å². The number of carbonyl (C=O) groups is 2. The van der Waals surface area contributed by atoms with E-state index in [2.05, 4.69) is 6.58 Å². The van der Waals surface area contributed by atoms with Gasteiger partial charge in [0.15, 0.2) is 5.60 Å². The van der Waals surface area contributed by atoms with Gasteiger partial charge in [0.1, 0.15) is 13.2 Å². The molecule has 0 N–H and O–H groups in total. The zero-order valence-electron chi connectivity index (χ0n) is 16.7. The summed E-state index contributed by atoms with van der Waals surface area (Å²) in [5, 5.41) is 0. The van der Waals surface area contributed by atoms with Crippen LogP contribution < -0.4 is 0 Å². The highest BCUT2D eigenvalue weighted by atomic mass is 16.6. The van der Waals surface area contributed by atoms with Gasteiger partial charge in [-0.1, -0.05) is 18.2 Å². The van der Waals surface area contributed by atoms with E-state index in [1.54, 1.807) is 0 Å². The second-order valence-corrected chi connectivity index (χ2v) is 7.20. The molecule has 0 radical (unpaired) electrons. The molecule has 1 atom stereocenters. The maximum Gasteiger partial charge on any atom is 0.341 e. The second-order valence-electron chi connectivity index (χ2n) is 7.20. The number of hydrogen-bond donors (Lipinski definition) is 0. The fraction of sp³-hybridized carbons (Fsp3) is 0.684. The number of epoxide rings is 1. The Bertz CT molecular complexity index is 536. The first-order valence-electron chi connectivity index (χ1n) is 8.77. The SMILES string of the molecule is C=C(CC(C)=CCC1(C(=O)OCCN(C)C)CO1)C(=O)OCCN(C)C. The first-order valence-corrected chi connectivity index (χ1v) is 8.77. The van der Waals surface area contributed by atoms with Crippen LogP contribution in [-0.2, 0) is 23.8 Å². The number of allylic oxidation sites excluding steroid dienone is 1. The van der Waals surface area contributed by atoms with E-state index in [0.717, 1.165) is 5.57 Å². The molecule has 1 saturated heterocycles. The summed E-state index contributed by atoms with van der Waals surface area (Å²) in [6, 6.07) is 0. The summed E-state index contributed by atoms with van der Waals surface area (Å²) >= 11 is 0. The van der Waals surface area contributed by atoms with Gasteiger partial charge in [0, 0.05) is 25.1 Å². The number of carbonyl (C=O) groups excluding carboxylic acids is 2. The molecule has 0 bridgehead atoms. The van der Waals surface area contributed by atoms with E-state index in [0.29, 0.717) is 51.3 Å². The van der Waals surface area contributed by atoms with Crippen molar-refractivity contribution in [3.63, 3.8) is 0 Å². The lowest BCUT2D eigenvalue weighted by atomic mass is 10.0. The van der Waals surface area contributed by atoms with Crippen LogP contribution in [0.1, 0.15) is 19.8 Å². The van der Waals surface area contributed by atoms with Crippen LogP contribution in [-0.4, -0.2) is 88.4 Å². The summed E-state index contributed by atoms with van der Waals surface area (Å²) in [7, 11) is 7.66. The number of hydrogen-bond acceptors (Lipinski definition) is 7. The van der Waals surface area contributed by atoms with Gasteiger partial charge in [-0.3, -0.25) is 0 Å². The minimum atomic E-state index is -0.860. The van der Waals surface area contributed by atoms with Crippen molar-refractivity contribution in [3.8, 4) is 0 Å². The van der Waals surface area contributed by atoms with Gasteiger partial charge in [0.25, 0.3) is 0 Å². The van der Waals surface area contributed by atoms with Crippen molar-refractivity contribution in [1.29, 1.82) is 0 Å². The fourth-order valence-corrected chi connectivity index (χ4v) is 2.10. The van der Waals surface area contributed by atoms with E-state index in [1.165, 1.54) is 0 Å². The van der Waals surface area contributed by atoms with Gasteiger partial charge in [0.05, 0.1) is 6.61 Å². The van der Waals surface area contributed by atoms with Crippen molar-refractivity contribution in [3.05, 3.63) is 23.8 Å². The lowest BCUT2D eigenvalue weighted by Gasteiger charge is -2.13. The molecule has 0 amide bonds. The summed E-state index contributed by atoms with van der Waals surface area (Å²) < 4.78 is 15.8. The van der Waals surface area contributed by atoms with Gasteiger partial charge in [-0.2, -0.15) is 0 Å². The van der Waals surface area contributed by atoms with Gasteiger partial charge >= 0.3 is 11.9 Å². The predicted octanol–water partition coefficient (Wildman–Crippen LogP) is 1.25. The summed E-state index contributed by atoms with van der Waals surface area (Å²) in [5.41, 5.74) is 0.480. The predicted molar refractivity (Wildman–Crippen MR) is 99.8 cm³/mol. The zero-order valence-corrected chi connectivity index (χ0v) is 16.7. The lowest BCUT2D eigenvalue weighted by molar-refractivity contribution is -0.150. The Morgan fingerprint density at radius 3 is 2.15 bits per heavy atom. The molecule has 0 aromatic heterocycles. The van der Waals surface area contributed by atoms with E-state index < -0.39 is 5.60 Å². The van der Waals surface area contributed by atoms with Crippen molar-refractivity contribution in [2.45, 2.75) is 25.4 Å². The summed E-state index contributed by atoms with van der Waals surface area (Å²) in [5.74, 6) is -0.717. The van der Waals surface area contributed by atoms with Crippen LogP contribution in [0.15, 0.2) is 23.8 Å². The fourth-order valence-electron chi connectivity index (χ4n) is 2.10.